The number of halogens is 1. The fraction of sp³-hybridized carbons (Fsp3) is 0.233. The van der Waals surface area contributed by atoms with Crippen LogP contribution in [0.3, 0.4) is 0 Å². The van der Waals surface area contributed by atoms with Crippen LogP contribution in [0.4, 0.5) is 5.69 Å². The van der Waals surface area contributed by atoms with Gasteiger partial charge in [-0.15, -0.1) is 0 Å². The van der Waals surface area contributed by atoms with Crippen LogP contribution in [0, 0.1) is 6.92 Å². The maximum atomic E-state index is 14.1. The largest absolute Gasteiger partial charge is 0.497 e. The van der Waals surface area contributed by atoms with Gasteiger partial charge in [-0.25, -0.2) is 0 Å². The summed E-state index contributed by atoms with van der Waals surface area (Å²) in [5.74, 6) is 0.756. The van der Waals surface area contributed by atoms with Crippen molar-refractivity contribution in [1.29, 1.82) is 0 Å². The molecule has 3 aromatic carbocycles. The second kappa shape index (κ2) is 10.5. The number of nitrogens with one attached hydrogen (secondary N) is 1. The molecule has 8 nitrogen and oxygen atoms in total. The lowest BCUT2D eigenvalue weighted by atomic mass is 9.93. The summed E-state index contributed by atoms with van der Waals surface area (Å²) in [5, 5.41) is 8.30. The molecule has 4 aromatic rings. The van der Waals surface area contributed by atoms with E-state index < -0.39 is 5.54 Å². The lowest BCUT2D eigenvalue weighted by Crippen LogP contribution is -2.64. The molecule has 0 spiro atoms. The van der Waals surface area contributed by atoms with Crippen LogP contribution in [0.15, 0.2) is 72.8 Å². The van der Waals surface area contributed by atoms with Crippen molar-refractivity contribution >= 4 is 29.1 Å². The van der Waals surface area contributed by atoms with Gasteiger partial charge in [0.15, 0.2) is 0 Å². The van der Waals surface area contributed by atoms with Crippen molar-refractivity contribution in [3.05, 3.63) is 94.6 Å². The number of rotatable bonds is 7. The summed E-state index contributed by atoms with van der Waals surface area (Å²) in [5.41, 5.74) is 2.80. The van der Waals surface area contributed by atoms with Crippen LogP contribution in [0.2, 0.25) is 5.02 Å². The summed E-state index contributed by atoms with van der Waals surface area (Å²) in [6, 6.07) is 22.0. The molecule has 200 valence electrons. The van der Waals surface area contributed by atoms with Crippen molar-refractivity contribution in [2.45, 2.75) is 32.5 Å². The van der Waals surface area contributed by atoms with E-state index in [0.29, 0.717) is 27.8 Å². The van der Waals surface area contributed by atoms with Gasteiger partial charge < -0.3 is 14.8 Å². The highest BCUT2D eigenvalue weighted by molar-refractivity contribution is 6.30. The predicted molar refractivity (Wildman–Crippen MR) is 150 cm³/mol. The maximum absolute atomic E-state index is 14.1. The van der Waals surface area contributed by atoms with Crippen LogP contribution in [0.1, 0.15) is 28.5 Å². The van der Waals surface area contributed by atoms with E-state index in [9.17, 15) is 9.59 Å². The smallest absolute Gasteiger partial charge is 0.277 e. The molecular formula is C30H29ClN4O4. The summed E-state index contributed by atoms with van der Waals surface area (Å²) in [7, 11) is 3.20. The number of carbonyl (C=O) groups excluding carboxylic acids is 2. The Kier molecular flexibility index (Phi) is 7.06. The molecule has 2 amide bonds. The van der Waals surface area contributed by atoms with Crippen LogP contribution in [-0.4, -0.2) is 41.4 Å². The van der Waals surface area contributed by atoms with Gasteiger partial charge in [-0.2, -0.15) is 5.10 Å². The van der Waals surface area contributed by atoms with Gasteiger partial charge in [0.05, 0.1) is 26.5 Å². The van der Waals surface area contributed by atoms with Gasteiger partial charge in [0.2, 0.25) is 5.91 Å². The standard InChI is InChI=1S/C30H29ClN4O4/c1-19-15-22(31)11-14-25(19)35-28(36)26-16-24(20-9-12-23(38-3)13-10-20)33-34(26)18-30(35,2)29(37)32-17-21-7-5-6-8-27(21)39-4/h5-16H,17-18H2,1-4H3,(H,32,37)/t30-/m1/s1. The number of anilines is 1. The number of aromatic nitrogens is 2. The summed E-state index contributed by atoms with van der Waals surface area (Å²) >= 11 is 6.23. The summed E-state index contributed by atoms with van der Waals surface area (Å²) in [4.78, 5) is 29.6. The van der Waals surface area contributed by atoms with Crippen molar-refractivity contribution in [3.63, 3.8) is 0 Å². The van der Waals surface area contributed by atoms with Crippen molar-refractivity contribution < 1.29 is 19.1 Å². The Hall–Kier alpha value is -4.30. The molecule has 2 heterocycles. The Morgan fingerprint density at radius 1 is 1.05 bits per heavy atom. The third kappa shape index (κ3) is 4.83. The highest BCUT2D eigenvalue weighted by Crippen LogP contribution is 2.37. The van der Waals surface area contributed by atoms with E-state index in [4.69, 9.17) is 26.2 Å². The lowest BCUT2D eigenvalue weighted by Gasteiger charge is -2.43. The van der Waals surface area contributed by atoms with E-state index in [1.54, 1.807) is 55.0 Å². The summed E-state index contributed by atoms with van der Waals surface area (Å²) in [6.45, 7) is 4.03. The number of methoxy groups -OCH3 is 2. The highest BCUT2D eigenvalue weighted by atomic mass is 35.5. The zero-order chi connectivity index (χ0) is 27.7. The summed E-state index contributed by atoms with van der Waals surface area (Å²) < 4.78 is 12.3. The fourth-order valence-electron chi connectivity index (χ4n) is 4.95. The molecular weight excluding hydrogens is 516 g/mol. The molecule has 0 saturated carbocycles. The first-order valence-corrected chi connectivity index (χ1v) is 12.9. The Morgan fingerprint density at radius 2 is 1.79 bits per heavy atom. The van der Waals surface area contributed by atoms with Crippen LogP contribution < -0.4 is 19.7 Å². The molecule has 0 fully saturated rings. The van der Waals surface area contributed by atoms with Gasteiger partial charge in [-0.05, 0) is 74.0 Å². The van der Waals surface area contributed by atoms with Gasteiger partial charge in [-0.1, -0.05) is 29.8 Å². The number of benzene rings is 3. The minimum atomic E-state index is -1.28. The zero-order valence-electron chi connectivity index (χ0n) is 22.2. The Bertz CT molecular complexity index is 1550. The van der Waals surface area contributed by atoms with E-state index in [2.05, 4.69) is 5.32 Å². The topological polar surface area (TPSA) is 85.7 Å². The van der Waals surface area contributed by atoms with Gasteiger partial charge in [0.1, 0.15) is 22.7 Å². The first-order chi connectivity index (χ1) is 18.7. The number of hydrogen-bond acceptors (Lipinski definition) is 5. The van der Waals surface area contributed by atoms with Crippen molar-refractivity contribution in [2.75, 3.05) is 19.1 Å². The van der Waals surface area contributed by atoms with Crippen molar-refractivity contribution in [3.8, 4) is 22.8 Å². The Labute approximate surface area is 232 Å². The Morgan fingerprint density at radius 3 is 2.49 bits per heavy atom. The van der Waals surface area contributed by atoms with Crippen molar-refractivity contribution in [1.82, 2.24) is 15.1 Å². The second-order valence-electron chi connectivity index (χ2n) is 9.64. The van der Waals surface area contributed by atoms with Gasteiger partial charge >= 0.3 is 0 Å². The van der Waals surface area contributed by atoms with E-state index >= 15 is 0 Å². The molecule has 1 N–H and O–H groups in total. The SMILES string of the molecule is COc1ccc(-c2cc3n(n2)C[C@](C)(C(=O)NCc2ccccc2OC)N(c2ccc(Cl)cc2C)C3=O)cc1. The fourth-order valence-corrected chi connectivity index (χ4v) is 5.17. The normalized spacial score (nSPS) is 16.5. The quantitative estimate of drug-likeness (QED) is 0.343. The number of aryl methyl sites for hydroxylation is 1. The second-order valence-corrected chi connectivity index (χ2v) is 10.1. The first kappa shape index (κ1) is 26.3. The molecule has 5 rings (SSSR count). The van der Waals surface area contributed by atoms with E-state index in [1.807, 2.05) is 55.5 Å². The molecule has 0 radical (unpaired) electrons. The molecule has 1 aromatic heterocycles. The average molecular weight is 545 g/mol. The van der Waals surface area contributed by atoms with Crippen molar-refractivity contribution in [2.24, 2.45) is 0 Å². The van der Waals surface area contributed by atoms with Crippen LogP contribution in [0.5, 0.6) is 11.5 Å². The van der Waals surface area contributed by atoms with E-state index in [0.717, 1.165) is 22.4 Å². The molecule has 0 unspecified atom stereocenters. The number of nitrogens with zero attached hydrogens (tertiary/aromatic N) is 3. The number of carbonyl (C=O) groups is 2. The average Bonchev–Trinajstić information content (AvgIpc) is 3.37. The number of hydrogen-bond donors (Lipinski definition) is 1. The molecule has 0 aliphatic carbocycles. The number of ether oxygens (including phenoxy) is 2. The third-order valence-corrected chi connectivity index (χ3v) is 7.30. The van der Waals surface area contributed by atoms with Gasteiger partial charge in [-0.3, -0.25) is 19.2 Å². The summed E-state index contributed by atoms with van der Waals surface area (Å²) in [6.07, 6.45) is 0. The molecule has 0 bridgehead atoms. The van der Waals surface area contributed by atoms with Crippen LogP contribution in [-0.2, 0) is 17.9 Å². The maximum Gasteiger partial charge on any atom is 0.277 e. The molecule has 39 heavy (non-hydrogen) atoms. The highest BCUT2D eigenvalue weighted by Gasteiger charge is 2.49. The molecule has 0 saturated heterocycles. The predicted octanol–water partition coefficient (Wildman–Crippen LogP) is 5.26. The molecule has 9 heteroatoms. The third-order valence-electron chi connectivity index (χ3n) is 7.06. The molecule has 1 atom stereocenters. The molecule has 1 aliphatic rings. The number of amides is 2. The van der Waals surface area contributed by atoms with E-state index in [1.165, 1.54) is 0 Å². The lowest BCUT2D eigenvalue weighted by molar-refractivity contribution is -0.126. The Balaban J connectivity index is 1.55. The zero-order valence-corrected chi connectivity index (χ0v) is 23.0. The minimum absolute atomic E-state index is 0.157. The minimum Gasteiger partial charge on any atom is -0.497 e. The number of fused-ring (bicyclic) bond motifs is 1. The van der Waals surface area contributed by atoms with Gasteiger partial charge in [0, 0.05) is 28.4 Å². The van der Waals surface area contributed by atoms with Gasteiger partial charge in [0.25, 0.3) is 5.91 Å². The van der Waals surface area contributed by atoms with Crippen LogP contribution >= 0.6 is 11.6 Å². The van der Waals surface area contributed by atoms with Crippen LogP contribution in [0.25, 0.3) is 11.3 Å². The number of para-hydroxylation sites is 1. The van der Waals surface area contributed by atoms with E-state index in [-0.39, 0.29) is 24.9 Å². The monoisotopic (exact) mass is 544 g/mol. The molecule has 1 aliphatic heterocycles. The first-order valence-electron chi connectivity index (χ1n) is 12.5.